The first-order valence-electron chi connectivity index (χ1n) is 7.91. The summed E-state index contributed by atoms with van der Waals surface area (Å²) in [5.41, 5.74) is 1.28. The Labute approximate surface area is 117 Å². The SMILES string of the molecule is CCCn1nncc1C(NCC)C1CCC(CC)C1. The van der Waals surface area contributed by atoms with Crippen LogP contribution in [0.2, 0.25) is 0 Å². The second kappa shape index (κ2) is 7.04. The van der Waals surface area contributed by atoms with E-state index >= 15 is 0 Å². The van der Waals surface area contributed by atoms with Crippen LogP contribution in [-0.4, -0.2) is 21.5 Å². The zero-order chi connectivity index (χ0) is 13.7. The van der Waals surface area contributed by atoms with Crippen molar-refractivity contribution in [3.05, 3.63) is 11.9 Å². The van der Waals surface area contributed by atoms with E-state index in [2.05, 4.69) is 41.1 Å². The van der Waals surface area contributed by atoms with Gasteiger partial charge in [0.05, 0.1) is 17.9 Å². The van der Waals surface area contributed by atoms with Gasteiger partial charge in [-0.25, -0.2) is 4.68 Å². The first kappa shape index (κ1) is 14.5. The third kappa shape index (κ3) is 3.35. The van der Waals surface area contributed by atoms with E-state index in [9.17, 15) is 0 Å². The van der Waals surface area contributed by atoms with Gasteiger partial charge in [0.1, 0.15) is 0 Å². The molecule has 1 saturated carbocycles. The van der Waals surface area contributed by atoms with E-state index < -0.39 is 0 Å². The molecule has 0 radical (unpaired) electrons. The van der Waals surface area contributed by atoms with Crippen molar-refractivity contribution in [2.45, 2.75) is 65.5 Å². The van der Waals surface area contributed by atoms with Gasteiger partial charge < -0.3 is 5.32 Å². The molecule has 0 bridgehead atoms. The summed E-state index contributed by atoms with van der Waals surface area (Å²) in [7, 11) is 0. The van der Waals surface area contributed by atoms with Crippen molar-refractivity contribution in [2.24, 2.45) is 11.8 Å². The molecule has 1 heterocycles. The molecule has 1 aliphatic rings. The summed E-state index contributed by atoms with van der Waals surface area (Å²) in [4.78, 5) is 0. The lowest BCUT2D eigenvalue weighted by molar-refractivity contribution is 0.337. The van der Waals surface area contributed by atoms with E-state index in [1.54, 1.807) is 0 Å². The molecule has 0 aromatic carbocycles. The second-order valence-corrected chi connectivity index (χ2v) is 5.76. The van der Waals surface area contributed by atoms with Crippen LogP contribution in [-0.2, 0) is 6.54 Å². The highest BCUT2D eigenvalue weighted by Gasteiger charge is 2.32. The summed E-state index contributed by atoms with van der Waals surface area (Å²) in [6.07, 6.45) is 8.47. The number of aryl methyl sites for hydroxylation is 1. The van der Waals surface area contributed by atoms with Gasteiger partial charge in [-0.1, -0.05) is 38.8 Å². The monoisotopic (exact) mass is 264 g/mol. The minimum absolute atomic E-state index is 0.433. The van der Waals surface area contributed by atoms with Crippen LogP contribution in [0.15, 0.2) is 6.20 Å². The number of rotatable bonds is 7. The lowest BCUT2D eigenvalue weighted by Gasteiger charge is -2.25. The third-order valence-electron chi connectivity index (χ3n) is 4.46. The Balaban J connectivity index is 2.13. The lowest BCUT2D eigenvalue weighted by Crippen LogP contribution is -2.29. The quantitative estimate of drug-likeness (QED) is 0.822. The van der Waals surface area contributed by atoms with Crippen molar-refractivity contribution in [1.29, 1.82) is 0 Å². The van der Waals surface area contributed by atoms with Crippen LogP contribution >= 0.6 is 0 Å². The van der Waals surface area contributed by atoms with Crippen LogP contribution in [0.5, 0.6) is 0 Å². The molecule has 1 N–H and O–H groups in total. The van der Waals surface area contributed by atoms with Crippen molar-refractivity contribution in [1.82, 2.24) is 20.3 Å². The summed E-state index contributed by atoms with van der Waals surface area (Å²) >= 11 is 0. The average molecular weight is 264 g/mol. The van der Waals surface area contributed by atoms with Crippen molar-refractivity contribution >= 4 is 0 Å². The van der Waals surface area contributed by atoms with Gasteiger partial charge in [-0.05, 0) is 37.6 Å². The predicted molar refractivity (Wildman–Crippen MR) is 77.9 cm³/mol. The minimum Gasteiger partial charge on any atom is -0.309 e. The number of nitrogens with one attached hydrogen (secondary N) is 1. The maximum Gasteiger partial charge on any atom is 0.0759 e. The van der Waals surface area contributed by atoms with Crippen LogP contribution < -0.4 is 5.32 Å². The van der Waals surface area contributed by atoms with Gasteiger partial charge in [-0.3, -0.25) is 0 Å². The molecular formula is C15H28N4. The zero-order valence-corrected chi connectivity index (χ0v) is 12.6. The molecule has 1 fully saturated rings. The Bertz CT molecular complexity index is 374. The van der Waals surface area contributed by atoms with E-state index in [1.807, 2.05) is 6.20 Å². The predicted octanol–water partition coefficient (Wildman–Crippen LogP) is 3.17. The number of aromatic nitrogens is 3. The highest BCUT2D eigenvalue weighted by atomic mass is 15.4. The van der Waals surface area contributed by atoms with Gasteiger partial charge >= 0.3 is 0 Å². The Morgan fingerprint density at radius 2 is 2.21 bits per heavy atom. The van der Waals surface area contributed by atoms with E-state index in [0.717, 1.165) is 31.3 Å². The fourth-order valence-electron chi connectivity index (χ4n) is 3.41. The smallest absolute Gasteiger partial charge is 0.0759 e. The number of hydrogen-bond acceptors (Lipinski definition) is 3. The molecule has 0 aliphatic heterocycles. The summed E-state index contributed by atoms with van der Waals surface area (Å²) in [6, 6.07) is 0.433. The Morgan fingerprint density at radius 3 is 2.84 bits per heavy atom. The minimum atomic E-state index is 0.433. The van der Waals surface area contributed by atoms with Gasteiger partial charge in [0, 0.05) is 6.54 Å². The van der Waals surface area contributed by atoms with Crippen molar-refractivity contribution in [3.8, 4) is 0 Å². The Morgan fingerprint density at radius 1 is 1.37 bits per heavy atom. The average Bonchev–Trinajstić information content (AvgIpc) is 3.05. The van der Waals surface area contributed by atoms with E-state index in [1.165, 1.54) is 31.4 Å². The summed E-state index contributed by atoms with van der Waals surface area (Å²) in [5.74, 6) is 1.67. The van der Waals surface area contributed by atoms with Crippen LogP contribution in [0.25, 0.3) is 0 Å². The first-order chi connectivity index (χ1) is 9.30. The van der Waals surface area contributed by atoms with Crippen molar-refractivity contribution < 1.29 is 0 Å². The molecule has 0 spiro atoms. The highest BCUT2D eigenvalue weighted by molar-refractivity contribution is 5.06. The van der Waals surface area contributed by atoms with Crippen LogP contribution in [0.1, 0.15) is 64.6 Å². The molecule has 1 aromatic rings. The number of hydrogen-bond donors (Lipinski definition) is 1. The largest absolute Gasteiger partial charge is 0.309 e. The van der Waals surface area contributed by atoms with Gasteiger partial charge in [-0.15, -0.1) is 5.10 Å². The molecule has 19 heavy (non-hydrogen) atoms. The third-order valence-corrected chi connectivity index (χ3v) is 4.46. The lowest BCUT2D eigenvalue weighted by atomic mass is 9.93. The molecule has 1 aliphatic carbocycles. The molecule has 4 heteroatoms. The fraction of sp³-hybridized carbons (Fsp3) is 0.867. The molecule has 3 atom stereocenters. The fourth-order valence-corrected chi connectivity index (χ4v) is 3.41. The Hall–Kier alpha value is -0.900. The van der Waals surface area contributed by atoms with E-state index in [-0.39, 0.29) is 0 Å². The van der Waals surface area contributed by atoms with Gasteiger partial charge in [0.15, 0.2) is 0 Å². The topological polar surface area (TPSA) is 42.7 Å². The standard InChI is InChI=1S/C15H28N4/c1-4-9-19-14(11-17-18-19)15(16-6-3)13-8-7-12(5-2)10-13/h11-13,15-16H,4-10H2,1-3H3. The van der Waals surface area contributed by atoms with Crippen molar-refractivity contribution in [2.75, 3.05) is 6.54 Å². The molecule has 0 amide bonds. The molecule has 1 aromatic heterocycles. The van der Waals surface area contributed by atoms with Gasteiger partial charge in [0.2, 0.25) is 0 Å². The summed E-state index contributed by atoms with van der Waals surface area (Å²) < 4.78 is 2.09. The normalized spacial score (nSPS) is 24.8. The maximum absolute atomic E-state index is 4.25. The molecule has 3 unspecified atom stereocenters. The van der Waals surface area contributed by atoms with Crippen LogP contribution in [0.4, 0.5) is 0 Å². The molecule has 4 nitrogen and oxygen atoms in total. The van der Waals surface area contributed by atoms with Gasteiger partial charge in [-0.2, -0.15) is 0 Å². The molecular weight excluding hydrogens is 236 g/mol. The zero-order valence-electron chi connectivity index (χ0n) is 12.6. The van der Waals surface area contributed by atoms with E-state index in [0.29, 0.717) is 6.04 Å². The highest BCUT2D eigenvalue weighted by Crippen LogP contribution is 2.40. The van der Waals surface area contributed by atoms with E-state index in [4.69, 9.17) is 0 Å². The van der Waals surface area contributed by atoms with Gasteiger partial charge in [0.25, 0.3) is 0 Å². The summed E-state index contributed by atoms with van der Waals surface area (Å²) in [5, 5.41) is 12.0. The van der Waals surface area contributed by atoms with Crippen molar-refractivity contribution in [3.63, 3.8) is 0 Å². The molecule has 108 valence electrons. The van der Waals surface area contributed by atoms with Crippen LogP contribution in [0, 0.1) is 11.8 Å². The Kier molecular flexibility index (Phi) is 5.37. The van der Waals surface area contributed by atoms with Crippen LogP contribution in [0.3, 0.4) is 0 Å². The first-order valence-corrected chi connectivity index (χ1v) is 7.91. The maximum atomic E-state index is 4.25. The summed E-state index contributed by atoms with van der Waals surface area (Å²) in [6.45, 7) is 8.68. The second-order valence-electron chi connectivity index (χ2n) is 5.76. The molecule has 0 saturated heterocycles. The number of nitrogens with zero attached hydrogens (tertiary/aromatic N) is 3. The molecule has 2 rings (SSSR count).